The van der Waals surface area contributed by atoms with Gasteiger partial charge in [0.2, 0.25) is 0 Å². The van der Waals surface area contributed by atoms with Crippen LogP contribution in [0.4, 0.5) is 10.5 Å². The molecule has 0 bridgehead atoms. The number of ether oxygens (including phenoxy) is 1. The highest BCUT2D eigenvalue weighted by Crippen LogP contribution is 2.24. The fourth-order valence-corrected chi connectivity index (χ4v) is 2.47. The number of urea groups is 1. The number of carboxylic acids is 1. The molecule has 1 aromatic rings. The third-order valence-corrected chi connectivity index (χ3v) is 3.52. The van der Waals surface area contributed by atoms with Gasteiger partial charge in [-0.25, -0.2) is 9.59 Å². The van der Waals surface area contributed by atoms with Crippen molar-refractivity contribution in [2.45, 2.75) is 19.4 Å². The molecule has 0 radical (unpaired) electrons. The normalized spacial score (nSPS) is 19.0. The molecule has 1 aliphatic heterocycles. The molecule has 0 spiro atoms. The third kappa shape index (κ3) is 3.86. The van der Waals surface area contributed by atoms with Crippen molar-refractivity contribution >= 4 is 29.3 Å². The second kappa shape index (κ2) is 6.78. The average Bonchev–Trinajstić information content (AvgIpc) is 2.63. The zero-order valence-corrected chi connectivity index (χ0v) is 12.4. The van der Waals surface area contributed by atoms with Gasteiger partial charge in [-0.2, -0.15) is 0 Å². The Morgan fingerprint density at radius 1 is 1.48 bits per heavy atom. The predicted molar refractivity (Wildman–Crippen MR) is 79.0 cm³/mol. The van der Waals surface area contributed by atoms with Crippen molar-refractivity contribution < 1.29 is 19.4 Å². The van der Waals surface area contributed by atoms with Crippen LogP contribution in [0.15, 0.2) is 18.2 Å². The van der Waals surface area contributed by atoms with Gasteiger partial charge in [-0.3, -0.25) is 0 Å². The molecule has 1 unspecified atom stereocenters. The molecule has 1 fully saturated rings. The Hall–Kier alpha value is -1.79. The predicted octanol–water partition coefficient (Wildman–Crippen LogP) is 2.68. The zero-order valence-electron chi connectivity index (χ0n) is 11.6. The minimum Gasteiger partial charge on any atom is -0.478 e. The number of anilines is 1. The molecule has 2 rings (SSSR count). The van der Waals surface area contributed by atoms with E-state index in [1.807, 2.05) is 6.92 Å². The third-order valence-electron chi connectivity index (χ3n) is 3.21. The van der Waals surface area contributed by atoms with E-state index in [2.05, 4.69) is 5.32 Å². The Morgan fingerprint density at radius 3 is 2.95 bits per heavy atom. The van der Waals surface area contributed by atoms with Crippen molar-refractivity contribution in [3.63, 3.8) is 0 Å². The number of hydrogen-bond acceptors (Lipinski definition) is 3. The molecule has 1 atom stereocenters. The molecule has 1 aromatic carbocycles. The Bertz CT molecular complexity index is 550. The van der Waals surface area contributed by atoms with Crippen LogP contribution >= 0.6 is 11.6 Å². The van der Waals surface area contributed by atoms with Crippen molar-refractivity contribution in [3.05, 3.63) is 28.8 Å². The molecule has 2 N–H and O–H groups in total. The quantitative estimate of drug-likeness (QED) is 0.880. The molecule has 7 heteroatoms. The first-order valence-electron chi connectivity index (χ1n) is 6.68. The number of nitrogens with zero attached hydrogens (tertiary/aromatic N) is 1. The van der Waals surface area contributed by atoms with E-state index in [-0.39, 0.29) is 28.4 Å². The summed E-state index contributed by atoms with van der Waals surface area (Å²) in [6.07, 6.45) is 0.704. The van der Waals surface area contributed by atoms with Crippen molar-refractivity contribution in [1.82, 2.24) is 4.90 Å². The number of carbonyl (C=O) groups excluding carboxylic acids is 1. The van der Waals surface area contributed by atoms with Crippen LogP contribution in [0.1, 0.15) is 23.7 Å². The smallest absolute Gasteiger partial charge is 0.339 e. The number of halogens is 1. The van der Waals surface area contributed by atoms with Crippen LogP contribution in [-0.2, 0) is 4.74 Å². The molecule has 0 saturated carbocycles. The summed E-state index contributed by atoms with van der Waals surface area (Å²) in [5.41, 5.74) is 0.0875. The summed E-state index contributed by atoms with van der Waals surface area (Å²) in [6, 6.07) is 4.24. The fourth-order valence-electron chi connectivity index (χ4n) is 2.22. The van der Waals surface area contributed by atoms with Crippen molar-refractivity contribution in [2.24, 2.45) is 0 Å². The average molecular weight is 313 g/mol. The standard InChI is InChI=1S/C14H17ClN2O4/c1-9-8-17(6-3-7-21-9)14(20)16-11-5-2-4-10(15)12(11)13(18)19/h2,4-5,9H,3,6-8H2,1H3,(H,16,20)(H,18,19). The Labute approximate surface area is 127 Å². The number of hydrogen-bond donors (Lipinski definition) is 2. The molecule has 1 heterocycles. The number of amides is 2. The number of nitrogens with one attached hydrogen (secondary N) is 1. The summed E-state index contributed by atoms with van der Waals surface area (Å²) in [6.45, 7) is 3.55. The van der Waals surface area contributed by atoms with Crippen LogP contribution in [-0.4, -0.2) is 47.8 Å². The molecule has 0 aliphatic carbocycles. The topological polar surface area (TPSA) is 78.9 Å². The lowest BCUT2D eigenvalue weighted by atomic mass is 10.2. The van der Waals surface area contributed by atoms with E-state index in [1.165, 1.54) is 12.1 Å². The van der Waals surface area contributed by atoms with Crippen LogP contribution in [0.5, 0.6) is 0 Å². The first-order valence-corrected chi connectivity index (χ1v) is 7.06. The minimum absolute atomic E-state index is 0.0449. The molecule has 6 nitrogen and oxygen atoms in total. The molecule has 21 heavy (non-hydrogen) atoms. The Morgan fingerprint density at radius 2 is 2.24 bits per heavy atom. The molecule has 114 valence electrons. The van der Waals surface area contributed by atoms with Gasteiger partial charge in [0.1, 0.15) is 5.56 Å². The summed E-state index contributed by atoms with van der Waals surface area (Å²) >= 11 is 5.88. The van der Waals surface area contributed by atoms with Crippen molar-refractivity contribution in [1.29, 1.82) is 0 Å². The van der Waals surface area contributed by atoms with Gasteiger partial charge in [0.05, 0.1) is 16.8 Å². The number of benzene rings is 1. The van der Waals surface area contributed by atoms with E-state index in [0.717, 1.165) is 6.42 Å². The van der Waals surface area contributed by atoms with Crippen LogP contribution in [0, 0.1) is 0 Å². The van der Waals surface area contributed by atoms with Crippen LogP contribution < -0.4 is 5.32 Å². The second-order valence-electron chi connectivity index (χ2n) is 4.88. The highest BCUT2D eigenvalue weighted by Gasteiger charge is 2.22. The highest BCUT2D eigenvalue weighted by atomic mass is 35.5. The van der Waals surface area contributed by atoms with Crippen molar-refractivity contribution in [2.75, 3.05) is 25.0 Å². The van der Waals surface area contributed by atoms with Gasteiger partial charge in [-0.05, 0) is 25.5 Å². The first-order chi connectivity index (χ1) is 9.99. The largest absolute Gasteiger partial charge is 0.478 e. The van der Waals surface area contributed by atoms with Gasteiger partial charge in [-0.15, -0.1) is 0 Å². The zero-order chi connectivity index (χ0) is 15.4. The summed E-state index contributed by atoms with van der Waals surface area (Å²) in [5, 5.41) is 11.9. The van der Waals surface area contributed by atoms with Gasteiger partial charge in [0, 0.05) is 19.7 Å². The summed E-state index contributed by atoms with van der Waals surface area (Å²) in [5.74, 6) is -1.18. The molecule has 2 amide bonds. The SMILES string of the molecule is CC1CN(C(=O)Nc2cccc(Cl)c2C(=O)O)CCCO1. The van der Waals surface area contributed by atoms with E-state index in [9.17, 15) is 14.7 Å². The Balaban J connectivity index is 2.16. The summed E-state index contributed by atoms with van der Waals surface area (Å²) in [7, 11) is 0. The summed E-state index contributed by atoms with van der Waals surface area (Å²) in [4.78, 5) is 25.1. The van der Waals surface area contributed by atoms with E-state index >= 15 is 0 Å². The maximum absolute atomic E-state index is 12.3. The lowest BCUT2D eigenvalue weighted by Gasteiger charge is -2.23. The number of carbonyl (C=O) groups is 2. The lowest BCUT2D eigenvalue weighted by molar-refractivity contribution is 0.0696. The maximum Gasteiger partial charge on any atom is 0.339 e. The minimum atomic E-state index is -1.18. The molecule has 0 aromatic heterocycles. The number of aromatic carboxylic acids is 1. The number of rotatable bonds is 2. The maximum atomic E-state index is 12.3. The van der Waals surface area contributed by atoms with Gasteiger partial charge in [-0.1, -0.05) is 17.7 Å². The van der Waals surface area contributed by atoms with Gasteiger partial charge >= 0.3 is 12.0 Å². The first kappa shape index (κ1) is 15.6. The van der Waals surface area contributed by atoms with E-state index in [0.29, 0.717) is 19.7 Å². The highest BCUT2D eigenvalue weighted by molar-refractivity contribution is 6.34. The van der Waals surface area contributed by atoms with Gasteiger partial charge in [0.15, 0.2) is 0 Å². The van der Waals surface area contributed by atoms with Crippen LogP contribution in [0.25, 0.3) is 0 Å². The molecule has 1 saturated heterocycles. The molecular weight excluding hydrogens is 296 g/mol. The lowest BCUT2D eigenvalue weighted by Crippen LogP contribution is -2.39. The monoisotopic (exact) mass is 312 g/mol. The van der Waals surface area contributed by atoms with Gasteiger partial charge in [0.25, 0.3) is 0 Å². The van der Waals surface area contributed by atoms with Crippen LogP contribution in [0.3, 0.4) is 0 Å². The summed E-state index contributed by atoms with van der Waals surface area (Å²) < 4.78 is 5.48. The second-order valence-corrected chi connectivity index (χ2v) is 5.29. The molecule has 1 aliphatic rings. The van der Waals surface area contributed by atoms with Crippen molar-refractivity contribution in [3.8, 4) is 0 Å². The molecular formula is C14H17ClN2O4. The van der Waals surface area contributed by atoms with E-state index < -0.39 is 5.97 Å². The van der Waals surface area contributed by atoms with E-state index in [4.69, 9.17) is 16.3 Å². The Kier molecular flexibility index (Phi) is 5.03. The fraction of sp³-hybridized carbons (Fsp3) is 0.429. The van der Waals surface area contributed by atoms with Crippen LogP contribution in [0.2, 0.25) is 5.02 Å². The number of carboxylic acid groups (broad SMARTS) is 1. The van der Waals surface area contributed by atoms with E-state index in [1.54, 1.807) is 11.0 Å². The van der Waals surface area contributed by atoms with Gasteiger partial charge < -0.3 is 20.1 Å².